The van der Waals surface area contributed by atoms with E-state index in [2.05, 4.69) is 5.32 Å². The topological polar surface area (TPSA) is 50.8 Å². The number of nitrogens with zero attached hydrogens (tertiary/aromatic N) is 1. The predicted molar refractivity (Wildman–Crippen MR) is 104 cm³/mol. The Kier molecular flexibility index (Phi) is 5.31. The number of carbonyl (C=O) groups excluding carboxylic acids is 1. The summed E-state index contributed by atoms with van der Waals surface area (Å²) in [5, 5.41) is 3.30. The molecule has 1 atom stereocenters. The summed E-state index contributed by atoms with van der Waals surface area (Å²) in [5.74, 6) is 0.385. The summed E-state index contributed by atoms with van der Waals surface area (Å²) in [6, 6.07) is 10.7. The summed E-state index contributed by atoms with van der Waals surface area (Å²) in [6.45, 7) is 1.58. The SMILES string of the molecule is COc1cc(F)c(CN2C(=O)C3(CCNC3)c3ccccc32)cc1OC.Cl. The van der Waals surface area contributed by atoms with Crippen LogP contribution in [0, 0.1) is 5.82 Å². The van der Waals surface area contributed by atoms with Gasteiger partial charge in [-0.15, -0.1) is 12.4 Å². The number of ether oxygens (including phenoxy) is 2. The van der Waals surface area contributed by atoms with Gasteiger partial charge >= 0.3 is 0 Å². The third-order valence-corrected chi connectivity index (χ3v) is 5.40. The molecule has 1 spiro atoms. The highest BCUT2D eigenvalue weighted by Crippen LogP contribution is 2.46. The van der Waals surface area contributed by atoms with Crippen molar-refractivity contribution in [2.24, 2.45) is 0 Å². The third-order valence-electron chi connectivity index (χ3n) is 5.40. The van der Waals surface area contributed by atoms with Crippen LogP contribution >= 0.6 is 12.4 Å². The molecule has 0 saturated carbocycles. The van der Waals surface area contributed by atoms with E-state index in [1.165, 1.54) is 20.3 Å². The van der Waals surface area contributed by atoms with Gasteiger partial charge in [0.25, 0.3) is 0 Å². The monoisotopic (exact) mass is 392 g/mol. The molecule has 1 unspecified atom stereocenters. The van der Waals surface area contributed by atoms with Crippen LogP contribution in [0.15, 0.2) is 36.4 Å². The van der Waals surface area contributed by atoms with Gasteiger partial charge in [-0.2, -0.15) is 0 Å². The molecule has 2 aromatic carbocycles. The molecule has 144 valence electrons. The van der Waals surface area contributed by atoms with E-state index in [-0.39, 0.29) is 24.9 Å². The minimum atomic E-state index is -0.538. The molecule has 1 fully saturated rings. The van der Waals surface area contributed by atoms with Crippen molar-refractivity contribution in [2.75, 3.05) is 32.2 Å². The number of rotatable bonds is 4. The third kappa shape index (κ3) is 2.93. The van der Waals surface area contributed by atoms with Gasteiger partial charge in [-0.25, -0.2) is 4.39 Å². The normalized spacial score (nSPS) is 20.6. The molecule has 27 heavy (non-hydrogen) atoms. The predicted octanol–water partition coefficient (Wildman–Crippen LogP) is 3.04. The van der Waals surface area contributed by atoms with Gasteiger partial charge in [-0.05, 0) is 30.7 Å². The molecule has 0 aliphatic carbocycles. The van der Waals surface area contributed by atoms with Crippen LogP contribution in [0.3, 0.4) is 0 Å². The zero-order valence-electron chi connectivity index (χ0n) is 15.3. The lowest BCUT2D eigenvalue weighted by Gasteiger charge is -2.23. The van der Waals surface area contributed by atoms with Crippen molar-refractivity contribution in [1.29, 1.82) is 0 Å². The Bertz CT molecular complexity index is 868. The van der Waals surface area contributed by atoms with Gasteiger partial charge in [0.1, 0.15) is 5.82 Å². The number of hydrogen-bond donors (Lipinski definition) is 1. The van der Waals surface area contributed by atoms with Crippen LogP contribution in [-0.2, 0) is 16.8 Å². The standard InChI is InChI=1S/C20H21FN2O3.ClH/c1-25-17-9-13(15(21)10-18(17)26-2)11-23-16-6-4-3-5-14(16)20(19(23)24)7-8-22-12-20;/h3-6,9-10,22H,7-8,11-12H2,1-2H3;1H. The van der Waals surface area contributed by atoms with Crippen LogP contribution in [0.25, 0.3) is 0 Å². The lowest BCUT2D eigenvalue weighted by atomic mass is 9.81. The van der Waals surface area contributed by atoms with Crippen LogP contribution < -0.4 is 19.7 Å². The van der Waals surface area contributed by atoms with Crippen molar-refractivity contribution >= 4 is 24.0 Å². The summed E-state index contributed by atoms with van der Waals surface area (Å²) < 4.78 is 25.0. The molecule has 1 amide bonds. The fourth-order valence-electron chi connectivity index (χ4n) is 4.05. The maximum absolute atomic E-state index is 14.6. The number of carbonyl (C=O) groups is 1. The van der Waals surface area contributed by atoms with Gasteiger partial charge < -0.3 is 19.7 Å². The maximum atomic E-state index is 14.6. The quantitative estimate of drug-likeness (QED) is 0.869. The molecule has 4 rings (SSSR count). The molecule has 2 aromatic rings. The number of anilines is 1. The smallest absolute Gasteiger partial charge is 0.239 e. The molecular formula is C20H22ClFN2O3. The summed E-state index contributed by atoms with van der Waals surface area (Å²) in [7, 11) is 2.98. The molecule has 2 heterocycles. The minimum Gasteiger partial charge on any atom is -0.493 e. The average Bonchev–Trinajstić information content (AvgIpc) is 3.24. The molecule has 1 saturated heterocycles. The molecule has 0 bridgehead atoms. The molecule has 2 aliphatic heterocycles. The fourth-order valence-corrected chi connectivity index (χ4v) is 4.05. The summed E-state index contributed by atoms with van der Waals surface area (Å²) in [6.07, 6.45) is 0.758. The number of fused-ring (bicyclic) bond motifs is 2. The Hall–Kier alpha value is -2.31. The Balaban J connectivity index is 0.00000210. The Labute approximate surface area is 163 Å². The summed E-state index contributed by atoms with van der Waals surface area (Å²) >= 11 is 0. The Morgan fingerprint density at radius 3 is 2.56 bits per heavy atom. The highest BCUT2D eigenvalue weighted by atomic mass is 35.5. The van der Waals surface area contributed by atoms with E-state index in [1.807, 2.05) is 24.3 Å². The van der Waals surface area contributed by atoms with Crippen LogP contribution in [0.4, 0.5) is 10.1 Å². The molecular weight excluding hydrogens is 371 g/mol. The zero-order chi connectivity index (χ0) is 18.3. The first-order valence-corrected chi connectivity index (χ1v) is 8.63. The van der Waals surface area contributed by atoms with Gasteiger partial charge in [0, 0.05) is 23.9 Å². The molecule has 5 nitrogen and oxygen atoms in total. The lowest BCUT2D eigenvalue weighted by Crippen LogP contribution is -2.41. The largest absolute Gasteiger partial charge is 0.493 e. The zero-order valence-corrected chi connectivity index (χ0v) is 16.1. The van der Waals surface area contributed by atoms with E-state index < -0.39 is 11.2 Å². The fraction of sp³-hybridized carbons (Fsp3) is 0.350. The van der Waals surface area contributed by atoms with E-state index in [1.54, 1.807) is 11.0 Å². The van der Waals surface area contributed by atoms with Gasteiger partial charge in [0.2, 0.25) is 5.91 Å². The first-order valence-electron chi connectivity index (χ1n) is 8.63. The number of halogens is 2. The number of nitrogens with one attached hydrogen (secondary N) is 1. The molecule has 0 radical (unpaired) electrons. The molecule has 7 heteroatoms. The molecule has 0 aromatic heterocycles. The Morgan fingerprint density at radius 2 is 1.89 bits per heavy atom. The average molecular weight is 393 g/mol. The molecule has 1 N–H and O–H groups in total. The number of methoxy groups -OCH3 is 2. The van der Waals surface area contributed by atoms with E-state index >= 15 is 0 Å². The highest BCUT2D eigenvalue weighted by molar-refractivity contribution is 6.08. The van der Waals surface area contributed by atoms with Gasteiger partial charge in [-0.3, -0.25) is 4.79 Å². The van der Waals surface area contributed by atoms with E-state index in [4.69, 9.17) is 9.47 Å². The van der Waals surface area contributed by atoms with Crippen LogP contribution in [-0.4, -0.2) is 33.2 Å². The highest BCUT2D eigenvalue weighted by Gasteiger charge is 2.52. The number of hydrogen-bond acceptors (Lipinski definition) is 4. The van der Waals surface area contributed by atoms with Crippen molar-refractivity contribution in [3.8, 4) is 11.5 Å². The van der Waals surface area contributed by atoms with Crippen LogP contribution in [0.1, 0.15) is 17.5 Å². The van der Waals surface area contributed by atoms with Crippen molar-refractivity contribution in [1.82, 2.24) is 5.32 Å². The van der Waals surface area contributed by atoms with E-state index in [0.717, 1.165) is 24.2 Å². The second-order valence-electron chi connectivity index (χ2n) is 6.72. The second-order valence-corrected chi connectivity index (χ2v) is 6.72. The number of amides is 1. The minimum absolute atomic E-state index is 0. The summed E-state index contributed by atoms with van der Waals surface area (Å²) in [4.78, 5) is 15.0. The van der Waals surface area contributed by atoms with E-state index in [9.17, 15) is 9.18 Å². The van der Waals surface area contributed by atoms with Gasteiger partial charge in [0.15, 0.2) is 11.5 Å². The van der Waals surface area contributed by atoms with Gasteiger partial charge in [-0.1, -0.05) is 18.2 Å². The van der Waals surface area contributed by atoms with Gasteiger partial charge in [0.05, 0.1) is 26.2 Å². The van der Waals surface area contributed by atoms with Crippen molar-refractivity contribution in [3.63, 3.8) is 0 Å². The van der Waals surface area contributed by atoms with Crippen LogP contribution in [0.2, 0.25) is 0 Å². The second kappa shape index (κ2) is 7.37. The Morgan fingerprint density at radius 1 is 1.19 bits per heavy atom. The van der Waals surface area contributed by atoms with Crippen molar-refractivity contribution in [3.05, 3.63) is 53.3 Å². The number of benzene rings is 2. The maximum Gasteiger partial charge on any atom is 0.239 e. The molecule has 2 aliphatic rings. The van der Waals surface area contributed by atoms with Crippen molar-refractivity contribution in [2.45, 2.75) is 18.4 Å². The number of para-hydroxylation sites is 1. The summed E-state index contributed by atoms with van der Waals surface area (Å²) in [5.41, 5.74) is 1.74. The van der Waals surface area contributed by atoms with Crippen LogP contribution in [0.5, 0.6) is 11.5 Å². The lowest BCUT2D eigenvalue weighted by molar-refractivity contribution is -0.122. The first-order chi connectivity index (χ1) is 12.6. The van der Waals surface area contributed by atoms with Crippen molar-refractivity contribution < 1.29 is 18.7 Å². The van der Waals surface area contributed by atoms with E-state index in [0.29, 0.717) is 23.6 Å². The first kappa shape index (κ1) is 19.5.